The Hall–Kier alpha value is -2.44. The minimum atomic E-state index is -0.268. The first-order chi connectivity index (χ1) is 11.2. The average molecular weight is 314 g/mol. The lowest BCUT2D eigenvalue weighted by atomic mass is 9.95. The Balaban J connectivity index is 1.49. The molecule has 1 fully saturated rings. The van der Waals surface area contributed by atoms with Crippen LogP contribution in [0.2, 0.25) is 0 Å². The Morgan fingerprint density at radius 1 is 1.30 bits per heavy atom. The molecule has 0 aromatic carbocycles. The van der Waals surface area contributed by atoms with Gasteiger partial charge >= 0.3 is 0 Å². The smallest absolute Gasteiger partial charge is 0.261 e. The maximum atomic E-state index is 12.7. The van der Waals surface area contributed by atoms with Crippen molar-refractivity contribution in [3.05, 3.63) is 45.5 Å². The summed E-state index contributed by atoms with van der Waals surface area (Å²) in [6, 6.07) is 1.79. The number of aromatic nitrogens is 3. The van der Waals surface area contributed by atoms with Crippen molar-refractivity contribution in [2.75, 3.05) is 13.1 Å². The second kappa shape index (κ2) is 5.64. The lowest BCUT2D eigenvalue weighted by molar-refractivity contribution is 0.0708. The van der Waals surface area contributed by atoms with Crippen molar-refractivity contribution in [1.82, 2.24) is 20.0 Å². The molecule has 4 rings (SSSR count). The van der Waals surface area contributed by atoms with Crippen molar-refractivity contribution in [2.24, 2.45) is 0 Å². The van der Waals surface area contributed by atoms with Gasteiger partial charge in [0.05, 0.1) is 0 Å². The molecule has 0 radical (unpaired) electrons. The van der Waals surface area contributed by atoms with Gasteiger partial charge in [-0.15, -0.1) is 0 Å². The summed E-state index contributed by atoms with van der Waals surface area (Å²) >= 11 is 0. The molecule has 0 bridgehead atoms. The first kappa shape index (κ1) is 14.2. The van der Waals surface area contributed by atoms with Gasteiger partial charge in [0.2, 0.25) is 6.39 Å². The maximum absolute atomic E-state index is 12.7. The van der Waals surface area contributed by atoms with Crippen molar-refractivity contribution >= 4 is 5.91 Å². The summed E-state index contributed by atoms with van der Waals surface area (Å²) in [6.45, 7) is 1.21. The zero-order chi connectivity index (χ0) is 15.8. The second-order valence-corrected chi connectivity index (χ2v) is 6.23. The number of piperidine rings is 1. The Bertz CT molecular complexity index is 773. The van der Waals surface area contributed by atoms with Crippen LogP contribution in [0.15, 0.2) is 21.8 Å². The van der Waals surface area contributed by atoms with Crippen LogP contribution in [0, 0.1) is 0 Å². The molecule has 7 nitrogen and oxygen atoms in total. The molecule has 2 aromatic heterocycles. The topological polar surface area (TPSA) is 92.1 Å². The van der Waals surface area contributed by atoms with Gasteiger partial charge in [0, 0.05) is 24.7 Å². The Morgan fingerprint density at radius 3 is 2.87 bits per heavy atom. The summed E-state index contributed by atoms with van der Waals surface area (Å²) in [5.41, 5.74) is 2.09. The summed E-state index contributed by atoms with van der Waals surface area (Å²) in [5.74, 6) is 0.746. The van der Waals surface area contributed by atoms with Crippen molar-refractivity contribution in [1.29, 1.82) is 0 Å². The van der Waals surface area contributed by atoms with E-state index >= 15 is 0 Å². The van der Waals surface area contributed by atoms with Crippen molar-refractivity contribution in [2.45, 2.75) is 38.0 Å². The van der Waals surface area contributed by atoms with E-state index in [0.717, 1.165) is 43.4 Å². The third kappa shape index (κ3) is 2.56. The number of hydrogen-bond donors (Lipinski definition) is 1. The maximum Gasteiger partial charge on any atom is 0.261 e. The number of H-pyrrole nitrogens is 1. The number of hydrogen-bond acceptors (Lipinski definition) is 5. The van der Waals surface area contributed by atoms with E-state index in [0.29, 0.717) is 18.9 Å². The molecule has 3 heterocycles. The van der Waals surface area contributed by atoms with Gasteiger partial charge in [0.25, 0.3) is 11.5 Å². The first-order valence-corrected chi connectivity index (χ1v) is 8.03. The van der Waals surface area contributed by atoms with Gasteiger partial charge < -0.3 is 14.4 Å². The van der Waals surface area contributed by atoms with E-state index in [9.17, 15) is 9.59 Å². The normalized spacial score (nSPS) is 18.2. The van der Waals surface area contributed by atoms with E-state index in [1.54, 1.807) is 11.0 Å². The monoisotopic (exact) mass is 314 g/mol. The third-order valence-corrected chi connectivity index (χ3v) is 4.84. The standard InChI is InChI=1S/C16H18N4O3/c21-15-12(8-11-2-1-3-13(11)18-15)16(22)20-6-4-10(5-7-20)14-17-9-23-19-14/h8-10H,1-7H2,(H,18,21). The minimum absolute atomic E-state index is 0.174. The summed E-state index contributed by atoms with van der Waals surface area (Å²) in [7, 11) is 0. The molecule has 1 aliphatic heterocycles. The van der Waals surface area contributed by atoms with E-state index in [1.807, 2.05) is 0 Å². The molecule has 0 saturated carbocycles. The first-order valence-electron chi connectivity index (χ1n) is 8.03. The van der Waals surface area contributed by atoms with Gasteiger partial charge in [-0.1, -0.05) is 5.16 Å². The second-order valence-electron chi connectivity index (χ2n) is 6.23. The van der Waals surface area contributed by atoms with E-state index in [2.05, 4.69) is 15.1 Å². The fourth-order valence-electron chi connectivity index (χ4n) is 3.54. The highest BCUT2D eigenvalue weighted by atomic mass is 16.5. The van der Waals surface area contributed by atoms with Crippen LogP contribution in [0.1, 0.15) is 52.6 Å². The summed E-state index contributed by atoms with van der Waals surface area (Å²) < 4.78 is 4.78. The average Bonchev–Trinajstić information content (AvgIpc) is 3.25. The zero-order valence-corrected chi connectivity index (χ0v) is 12.7. The highest BCUT2D eigenvalue weighted by molar-refractivity contribution is 5.94. The lowest BCUT2D eigenvalue weighted by Gasteiger charge is -2.30. The fourth-order valence-corrected chi connectivity index (χ4v) is 3.54. The number of rotatable bonds is 2. The molecule has 0 unspecified atom stereocenters. The molecule has 1 aliphatic carbocycles. The SMILES string of the molecule is O=C(c1cc2c([nH]c1=O)CCC2)N1CCC(c2ncon2)CC1. The number of pyridine rings is 1. The van der Waals surface area contributed by atoms with Crippen LogP contribution in [0.4, 0.5) is 0 Å². The summed E-state index contributed by atoms with van der Waals surface area (Å²) in [6.07, 6.45) is 5.78. The Kier molecular flexibility index (Phi) is 3.48. The van der Waals surface area contributed by atoms with E-state index in [-0.39, 0.29) is 22.9 Å². The number of fused-ring (bicyclic) bond motifs is 1. The van der Waals surface area contributed by atoms with E-state index < -0.39 is 0 Å². The van der Waals surface area contributed by atoms with Crippen molar-refractivity contribution in [3.63, 3.8) is 0 Å². The van der Waals surface area contributed by atoms with Crippen LogP contribution in [0.25, 0.3) is 0 Å². The van der Waals surface area contributed by atoms with Crippen molar-refractivity contribution < 1.29 is 9.32 Å². The Labute approximate surface area is 132 Å². The molecule has 0 spiro atoms. The molecule has 0 atom stereocenters. The highest BCUT2D eigenvalue weighted by Gasteiger charge is 2.28. The van der Waals surface area contributed by atoms with Crippen LogP contribution in [0.5, 0.6) is 0 Å². The fraction of sp³-hybridized carbons (Fsp3) is 0.500. The lowest BCUT2D eigenvalue weighted by Crippen LogP contribution is -2.40. The van der Waals surface area contributed by atoms with Gasteiger partial charge in [0.15, 0.2) is 5.82 Å². The van der Waals surface area contributed by atoms with E-state index in [4.69, 9.17) is 4.52 Å². The quantitative estimate of drug-likeness (QED) is 0.901. The number of nitrogens with zero attached hydrogens (tertiary/aromatic N) is 3. The molecule has 7 heteroatoms. The van der Waals surface area contributed by atoms with Gasteiger partial charge in [-0.2, -0.15) is 4.98 Å². The van der Waals surface area contributed by atoms with Crippen LogP contribution in [-0.4, -0.2) is 39.0 Å². The molecular weight excluding hydrogens is 296 g/mol. The Morgan fingerprint density at radius 2 is 2.13 bits per heavy atom. The van der Waals surface area contributed by atoms with Gasteiger partial charge in [-0.25, -0.2) is 0 Å². The molecule has 1 amide bonds. The number of carbonyl (C=O) groups is 1. The predicted molar refractivity (Wildman–Crippen MR) is 81.3 cm³/mol. The van der Waals surface area contributed by atoms with Crippen LogP contribution < -0.4 is 5.56 Å². The van der Waals surface area contributed by atoms with Crippen LogP contribution >= 0.6 is 0 Å². The molecule has 23 heavy (non-hydrogen) atoms. The van der Waals surface area contributed by atoms with Crippen LogP contribution in [0.3, 0.4) is 0 Å². The number of aromatic amines is 1. The largest absolute Gasteiger partial charge is 0.343 e. The van der Waals surface area contributed by atoms with Gasteiger partial charge in [-0.05, 0) is 43.7 Å². The molecule has 1 saturated heterocycles. The number of likely N-dealkylation sites (tertiary alicyclic amines) is 1. The molecule has 1 N–H and O–H groups in total. The molecule has 2 aromatic rings. The third-order valence-electron chi connectivity index (χ3n) is 4.84. The zero-order valence-electron chi connectivity index (χ0n) is 12.7. The number of aryl methyl sites for hydroxylation is 2. The molecular formula is C16H18N4O3. The van der Waals surface area contributed by atoms with Crippen LogP contribution in [-0.2, 0) is 12.8 Å². The summed E-state index contributed by atoms with van der Waals surface area (Å²) in [5, 5.41) is 3.88. The molecule has 120 valence electrons. The van der Waals surface area contributed by atoms with E-state index in [1.165, 1.54) is 6.39 Å². The summed E-state index contributed by atoms with van der Waals surface area (Å²) in [4.78, 5) is 33.6. The van der Waals surface area contributed by atoms with Gasteiger partial charge in [-0.3, -0.25) is 9.59 Å². The minimum Gasteiger partial charge on any atom is -0.343 e. The molecule has 2 aliphatic rings. The number of carbonyl (C=O) groups excluding carboxylic acids is 1. The van der Waals surface area contributed by atoms with Crippen molar-refractivity contribution in [3.8, 4) is 0 Å². The van der Waals surface area contributed by atoms with Gasteiger partial charge in [0.1, 0.15) is 5.56 Å². The highest BCUT2D eigenvalue weighted by Crippen LogP contribution is 2.26. The predicted octanol–water partition coefficient (Wildman–Crippen LogP) is 1.27. The number of amides is 1. The number of nitrogens with one attached hydrogen (secondary N) is 1.